The van der Waals surface area contributed by atoms with E-state index in [-0.39, 0.29) is 24.9 Å². The Kier molecular flexibility index (Phi) is 8.29. The standard InChI is InChI=1S/C20H30N2O4/c1-13(2)11-17-7-6-8-18(12-17)14(3)19(24)22(15(4)20(25)26)10-9-21-16(5)23/h6-8,12-15H,9-11H2,1-5H3,(H,21,23)(H,25,26). The van der Waals surface area contributed by atoms with Crippen molar-refractivity contribution in [2.45, 2.75) is 53.0 Å². The zero-order valence-electron chi connectivity index (χ0n) is 16.3. The molecule has 0 aliphatic heterocycles. The van der Waals surface area contributed by atoms with Crippen LogP contribution in [-0.4, -0.2) is 46.9 Å². The van der Waals surface area contributed by atoms with Gasteiger partial charge in [-0.3, -0.25) is 9.59 Å². The number of hydrogen-bond donors (Lipinski definition) is 2. The molecule has 0 aliphatic rings. The van der Waals surface area contributed by atoms with Gasteiger partial charge >= 0.3 is 5.97 Å². The number of carbonyl (C=O) groups excluding carboxylic acids is 2. The molecular formula is C20H30N2O4. The fourth-order valence-electron chi connectivity index (χ4n) is 2.83. The number of carbonyl (C=O) groups is 3. The second-order valence-corrected chi connectivity index (χ2v) is 7.09. The fourth-order valence-corrected chi connectivity index (χ4v) is 2.83. The van der Waals surface area contributed by atoms with Gasteiger partial charge in [-0.05, 0) is 37.3 Å². The molecule has 2 amide bonds. The van der Waals surface area contributed by atoms with Gasteiger partial charge in [-0.2, -0.15) is 0 Å². The number of carboxylic acid groups (broad SMARTS) is 1. The highest BCUT2D eigenvalue weighted by atomic mass is 16.4. The van der Waals surface area contributed by atoms with Crippen molar-refractivity contribution in [1.29, 1.82) is 0 Å². The van der Waals surface area contributed by atoms with E-state index in [1.165, 1.54) is 18.7 Å². The van der Waals surface area contributed by atoms with Crippen molar-refractivity contribution in [3.05, 3.63) is 35.4 Å². The summed E-state index contributed by atoms with van der Waals surface area (Å²) >= 11 is 0. The summed E-state index contributed by atoms with van der Waals surface area (Å²) in [6.45, 7) is 9.31. The molecule has 0 aromatic heterocycles. The third kappa shape index (κ3) is 6.50. The minimum absolute atomic E-state index is 0.155. The van der Waals surface area contributed by atoms with E-state index in [4.69, 9.17) is 0 Å². The predicted octanol–water partition coefficient (Wildman–Crippen LogP) is 2.43. The second-order valence-electron chi connectivity index (χ2n) is 7.09. The van der Waals surface area contributed by atoms with Crippen molar-refractivity contribution in [3.8, 4) is 0 Å². The smallest absolute Gasteiger partial charge is 0.326 e. The van der Waals surface area contributed by atoms with Crippen LogP contribution in [0.4, 0.5) is 0 Å². The van der Waals surface area contributed by atoms with Crippen LogP contribution in [0.25, 0.3) is 0 Å². The number of amides is 2. The van der Waals surface area contributed by atoms with Gasteiger partial charge in [0.1, 0.15) is 6.04 Å². The fraction of sp³-hybridized carbons (Fsp3) is 0.550. The highest BCUT2D eigenvalue weighted by molar-refractivity contribution is 5.88. The average Bonchev–Trinajstić information content (AvgIpc) is 2.56. The maximum Gasteiger partial charge on any atom is 0.326 e. The van der Waals surface area contributed by atoms with Crippen molar-refractivity contribution in [2.75, 3.05) is 13.1 Å². The molecule has 0 saturated carbocycles. The van der Waals surface area contributed by atoms with Crippen LogP contribution in [0, 0.1) is 5.92 Å². The first-order chi connectivity index (χ1) is 12.1. The Balaban J connectivity index is 2.97. The summed E-state index contributed by atoms with van der Waals surface area (Å²) in [7, 11) is 0. The molecule has 1 aromatic carbocycles. The van der Waals surface area contributed by atoms with Crippen LogP contribution in [0.2, 0.25) is 0 Å². The van der Waals surface area contributed by atoms with Crippen LogP contribution in [0.5, 0.6) is 0 Å². The summed E-state index contributed by atoms with van der Waals surface area (Å²) in [5, 5.41) is 11.9. The maximum atomic E-state index is 12.9. The number of nitrogens with zero attached hydrogens (tertiary/aromatic N) is 1. The normalized spacial score (nSPS) is 13.2. The summed E-state index contributed by atoms with van der Waals surface area (Å²) < 4.78 is 0. The number of carboxylic acids is 1. The van der Waals surface area contributed by atoms with Gasteiger partial charge in [0.15, 0.2) is 0 Å². The van der Waals surface area contributed by atoms with Gasteiger partial charge in [0, 0.05) is 20.0 Å². The average molecular weight is 362 g/mol. The Morgan fingerprint density at radius 2 is 1.81 bits per heavy atom. The summed E-state index contributed by atoms with van der Waals surface area (Å²) in [5.41, 5.74) is 2.03. The number of aliphatic carboxylic acids is 1. The Hall–Kier alpha value is -2.37. The van der Waals surface area contributed by atoms with Gasteiger partial charge < -0.3 is 15.3 Å². The van der Waals surface area contributed by atoms with E-state index < -0.39 is 17.9 Å². The van der Waals surface area contributed by atoms with Crippen LogP contribution in [0.1, 0.15) is 51.7 Å². The van der Waals surface area contributed by atoms with Gasteiger partial charge in [-0.25, -0.2) is 4.79 Å². The Morgan fingerprint density at radius 3 is 2.35 bits per heavy atom. The molecule has 144 valence electrons. The van der Waals surface area contributed by atoms with Crippen molar-refractivity contribution in [2.24, 2.45) is 5.92 Å². The molecule has 0 aliphatic carbocycles. The quantitative estimate of drug-likeness (QED) is 0.706. The molecule has 0 fully saturated rings. The molecular weight excluding hydrogens is 332 g/mol. The first-order valence-corrected chi connectivity index (χ1v) is 9.00. The first-order valence-electron chi connectivity index (χ1n) is 9.00. The second kappa shape index (κ2) is 9.94. The molecule has 0 spiro atoms. The first kappa shape index (κ1) is 21.7. The molecule has 0 saturated heterocycles. The van der Waals surface area contributed by atoms with Crippen molar-refractivity contribution in [1.82, 2.24) is 10.2 Å². The van der Waals surface area contributed by atoms with Crippen LogP contribution >= 0.6 is 0 Å². The molecule has 0 heterocycles. The molecule has 6 heteroatoms. The molecule has 0 radical (unpaired) electrons. The van der Waals surface area contributed by atoms with Crippen LogP contribution < -0.4 is 5.32 Å². The lowest BCUT2D eigenvalue weighted by Crippen LogP contribution is -2.48. The van der Waals surface area contributed by atoms with E-state index in [0.29, 0.717) is 5.92 Å². The zero-order chi connectivity index (χ0) is 19.9. The third-order valence-corrected chi connectivity index (χ3v) is 4.30. The van der Waals surface area contributed by atoms with Gasteiger partial charge in [0.25, 0.3) is 0 Å². The van der Waals surface area contributed by atoms with E-state index >= 15 is 0 Å². The lowest BCUT2D eigenvalue weighted by atomic mass is 9.94. The number of rotatable bonds is 9. The van der Waals surface area contributed by atoms with E-state index in [1.54, 1.807) is 6.92 Å². The molecule has 26 heavy (non-hydrogen) atoms. The largest absolute Gasteiger partial charge is 0.480 e. The summed E-state index contributed by atoms with van der Waals surface area (Å²) in [6, 6.07) is 6.91. The highest BCUT2D eigenvalue weighted by Gasteiger charge is 2.29. The minimum Gasteiger partial charge on any atom is -0.480 e. The molecule has 0 bridgehead atoms. The highest BCUT2D eigenvalue weighted by Crippen LogP contribution is 2.21. The Morgan fingerprint density at radius 1 is 1.15 bits per heavy atom. The predicted molar refractivity (Wildman–Crippen MR) is 101 cm³/mol. The van der Waals surface area contributed by atoms with Gasteiger partial charge in [-0.15, -0.1) is 0 Å². The molecule has 1 rings (SSSR count). The van der Waals surface area contributed by atoms with Crippen LogP contribution in [0.3, 0.4) is 0 Å². The van der Waals surface area contributed by atoms with Gasteiger partial charge in [0.05, 0.1) is 5.92 Å². The van der Waals surface area contributed by atoms with E-state index in [1.807, 2.05) is 24.3 Å². The molecule has 2 atom stereocenters. The summed E-state index contributed by atoms with van der Waals surface area (Å²) in [5.74, 6) is -1.48. The lowest BCUT2D eigenvalue weighted by Gasteiger charge is -2.29. The van der Waals surface area contributed by atoms with Crippen LogP contribution in [-0.2, 0) is 20.8 Å². The van der Waals surface area contributed by atoms with Crippen LogP contribution in [0.15, 0.2) is 24.3 Å². The number of benzene rings is 1. The molecule has 2 N–H and O–H groups in total. The number of hydrogen-bond acceptors (Lipinski definition) is 3. The van der Waals surface area contributed by atoms with Gasteiger partial charge in [-0.1, -0.05) is 38.1 Å². The number of nitrogens with one attached hydrogen (secondary N) is 1. The third-order valence-electron chi connectivity index (χ3n) is 4.30. The van der Waals surface area contributed by atoms with Crippen molar-refractivity contribution >= 4 is 17.8 Å². The molecule has 1 aromatic rings. The topological polar surface area (TPSA) is 86.7 Å². The monoisotopic (exact) mass is 362 g/mol. The molecule has 6 nitrogen and oxygen atoms in total. The summed E-state index contributed by atoms with van der Waals surface area (Å²) in [4.78, 5) is 36.7. The Labute approximate surface area is 155 Å². The van der Waals surface area contributed by atoms with Crippen molar-refractivity contribution < 1.29 is 19.5 Å². The maximum absolute atomic E-state index is 12.9. The van der Waals surface area contributed by atoms with E-state index in [0.717, 1.165) is 17.5 Å². The minimum atomic E-state index is -1.07. The van der Waals surface area contributed by atoms with Gasteiger partial charge in [0.2, 0.25) is 11.8 Å². The van der Waals surface area contributed by atoms with Crippen molar-refractivity contribution in [3.63, 3.8) is 0 Å². The zero-order valence-corrected chi connectivity index (χ0v) is 16.3. The lowest BCUT2D eigenvalue weighted by molar-refractivity contribution is -0.149. The SMILES string of the molecule is CC(=O)NCCN(C(=O)C(C)c1cccc(CC(C)C)c1)C(C)C(=O)O. The van der Waals surface area contributed by atoms with E-state index in [2.05, 4.69) is 19.2 Å². The molecule has 2 unspecified atom stereocenters. The van der Waals surface area contributed by atoms with E-state index in [9.17, 15) is 19.5 Å². The Bertz CT molecular complexity index is 642. The summed E-state index contributed by atoms with van der Waals surface area (Å²) in [6.07, 6.45) is 0.923.